The fourth-order valence-electron chi connectivity index (χ4n) is 4.05. The lowest BCUT2D eigenvalue weighted by Crippen LogP contribution is -2.53. The van der Waals surface area contributed by atoms with Crippen LogP contribution in [0.5, 0.6) is 0 Å². The van der Waals surface area contributed by atoms with Gasteiger partial charge in [0, 0.05) is 6.54 Å². The molecule has 2 atom stereocenters. The first-order chi connectivity index (χ1) is 18.3. The summed E-state index contributed by atoms with van der Waals surface area (Å²) < 4.78 is 5.30. The first kappa shape index (κ1) is 31.6. The van der Waals surface area contributed by atoms with Gasteiger partial charge in [0.15, 0.2) is 0 Å². The molecule has 2 unspecified atom stereocenters. The highest BCUT2D eigenvalue weighted by Crippen LogP contribution is 2.30. The molecule has 0 saturated heterocycles. The number of amides is 4. The van der Waals surface area contributed by atoms with E-state index in [0.29, 0.717) is 22.7 Å². The Hall–Kier alpha value is -3.59. The highest BCUT2D eigenvalue weighted by Gasteiger charge is 2.37. The number of rotatable bonds is 11. The molecular weight excluding hydrogens is 520 g/mol. The van der Waals surface area contributed by atoms with Crippen LogP contribution in [0.25, 0.3) is 0 Å². The molecule has 2 aromatic rings. The Morgan fingerprint density at radius 1 is 1.05 bits per heavy atom. The number of halogens is 1. The highest BCUT2D eigenvalue weighted by molar-refractivity contribution is 6.34. The number of hydrogen-bond donors (Lipinski definition) is 3. The summed E-state index contributed by atoms with van der Waals surface area (Å²) in [5.74, 6) is -1.93. The summed E-state index contributed by atoms with van der Waals surface area (Å²) in [4.78, 5) is 53.6. The molecule has 0 heterocycles. The SMILES string of the molecule is CCCN(C(=O)C(CC(N)=O)NC(=O)OC(C)(C)C)C(C(=O)Nc1c(C)cccc1Cl)c1ccc(CC)cc1. The third-order valence-electron chi connectivity index (χ3n) is 5.88. The van der Waals surface area contributed by atoms with Crippen molar-refractivity contribution in [2.24, 2.45) is 5.73 Å². The lowest BCUT2D eigenvalue weighted by atomic mass is 9.99. The number of nitrogens with one attached hydrogen (secondary N) is 2. The number of carbonyl (C=O) groups is 4. The third-order valence-corrected chi connectivity index (χ3v) is 6.19. The second kappa shape index (κ2) is 14.0. The van der Waals surface area contributed by atoms with E-state index in [-0.39, 0.29) is 6.54 Å². The van der Waals surface area contributed by atoms with Gasteiger partial charge in [-0.05, 0) is 63.3 Å². The van der Waals surface area contributed by atoms with Crippen LogP contribution in [-0.4, -0.2) is 46.9 Å². The van der Waals surface area contributed by atoms with E-state index in [4.69, 9.17) is 22.1 Å². The summed E-state index contributed by atoms with van der Waals surface area (Å²) in [6.07, 6.45) is -0.0405. The number of carbonyl (C=O) groups excluding carboxylic acids is 4. The quantitative estimate of drug-likeness (QED) is 0.361. The van der Waals surface area contributed by atoms with Crippen LogP contribution in [0.15, 0.2) is 42.5 Å². The van der Waals surface area contributed by atoms with Gasteiger partial charge in [-0.2, -0.15) is 0 Å². The fraction of sp³-hybridized carbons (Fsp3) is 0.448. The number of benzene rings is 2. The molecule has 0 radical (unpaired) electrons. The molecule has 0 aliphatic heterocycles. The van der Waals surface area contributed by atoms with Crippen molar-refractivity contribution in [3.8, 4) is 0 Å². The van der Waals surface area contributed by atoms with Gasteiger partial charge in [0.25, 0.3) is 5.91 Å². The summed E-state index contributed by atoms with van der Waals surface area (Å²) in [6.45, 7) is 10.9. The van der Waals surface area contributed by atoms with Gasteiger partial charge in [-0.1, -0.05) is 61.8 Å². The van der Waals surface area contributed by atoms with Crippen molar-refractivity contribution in [2.45, 2.75) is 78.5 Å². The van der Waals surface area contributed by atoms with E-state index in [1.54, 1.807) is 45.0 Å². The minimum absolute atomic E-state index is 0.166. The van der Waals surface area contributed by atoms with E-state index in [2.05, 4.69) is 10.6 Å². The molecule has 4 amide bonds. The molecule has 10 heteroatoms. The summed E-state index contributed by atoms with van der Waals surface area (Å²) in [7, 11) is 0. The van der Waals surface area contributed by atoms with Gasteiger partial charge < -0.3 is 26.0 Å². The lowest BCUT2D eigenvalue weighted by Gasteiger charge is -2.34. The topological polar surface area (TPSA) is 131 Å². The van der Waals surface area contributed by atoms with Crippen molar-refractivity contribution in [3.63, 3.8) is 0 Å². The van der Waals surface area contributed by atoms with Gasteiger partial charge in [0.2, 0.25) is 11.8 Å². The molecule has 9 nitrogen and oxygen atoms in total. The average Bonchev–Trinajstić information content (AvgIpc) is 2.84. The van der Waals surface area contributed by atoms with Gasteiger partial charge >= 0.3 is 6.09 Å². The van der Waals surface area contributed by atoms with Gasteiger partial charge in [0.1, 0.15) is 17.7 Å². The van der Waals surface area contributed by atoms with Crippen LogP contribution < -0.4 is 16.4 Å². The fourth-order valence-corrected chi connectivity index (χ4v) is 4.32. The van der Waals surface area contributed by atoms with Crippen LogP contribution in [0.3, 0.4) is 0 Å². The Labute approximate surface area is 235 Å². The maximum absolute atomic E-state index is 13.9. The lowest BCUT2D eigenvalue weighted by molar-refractivity contribution is -0.141. The number of ether oxygens (including phenoxy) is 1. The Bertz CT molecular complexity index is 1160. The second-order valence-corrected chi connectivity index (χ2v) is 10.7. The highest BCUT2D eigenvalue weighted by atomic mass is 35.5. The molecule has 0 saturated carbocycles. The number of anilines is 1. The molecule has 2 rings (SSSR count). The molecular formula is C29H39ClN4O5. The smallest absolute Gasteiger partial charge is 0.408 e. The van der Waals surface area contributed by atoms with Crippen molar-refractivity contribution in [2.75, 3.05) is 11.9 Å². The largest absolute Gasteiger partial charge is 0.444 e. The van der Waals surface area contributed by atoms with E-state index in [0.717, 1.165) is 17.5 Å². The van der Waals surface area contributed by atoms with Crippen LogP contribution in [0.1, 0.15) is 70.2 Å². The number of nitrogens with two attached hydrogens (primary N) is 1. The van der Waals surface area contributed by atoms with Crippen molar-refractivity contribution in [1.29, 1.82) is 0 Å². The van der Waals surface area contributed by atoms with E-state index in [1.165, 1.54) is 4.90 Å². The first-order valence-corrected chi connectivity index (χ1v) is 13.4. The van der Waals surface area contributed by atoms with Gasteiger partial charge in [-0.3, -0.25) is 14.4 Å². The van der Waals surface area contributed by atoms with E-state index >= 15 is 0 Å². The molecule has 0 aromatic heterocycles. The number of aryl methyl sites for hydroxylation is 2. The summed E-state index contributed by atoms with van der Waals surface area (Å²) in [5.41, 5.74) is 7.41. The third kappa shape index (κ3) is 9.28. The van der Waals surface area contributed by atoms with Crippen molar-refractivity contribution >= 4 is 41.1 Å². The molecule has 0 aliphatic carbocycles. The number of primary amides is 1. The van der Waals surface area contributed by atoms with Gasteiger partial charge in [-0.25, -0.2) is 4.79 Å². The minimum atomic E-state index is -1.34. The van der Waals surface area contributed by atoms with Gasteiger partial charge in [0.05, 0.1) is 17.1 Å². The van der Waals surface area contributed by atoms with Crippen molar-refractivity contribution < 1.29 is 23.9 Å². The van der Waals surface area contributed by atoms with E-state index in [1.807, 2.05) is 39.0 Å². The molecule has 212 valence electrons. The molecule has 39 heavy (non-hydrogen) atoms. The molecule has 0 aliphatic rings. The maximum Gasteiger partial charge on any atom is 0.408 e. The Morgan fingerprint density at radius 2 is 1.69 bits per heavy atom. The van der Waals surface area contributed by atoms with Crippen LogP contribution >= 0.6 is 11.6 Å². The number of para-hydroxylation sites is 1. The predicted molar refractivity (Wildman–Crippen MR) is 152 cm³/mol. The van der Waals surface area contributed by atoms with E-state index in [9.17, 15) is 19.2 Å². The summed E-state index contributed by atoms with van der Waals surface area (Å²) in [6, 6.07) is 10.2. The predicted octanol–water partition coefficient (Wildman–Crippen LogP) is 4.90. The van der Waals surface area contributed by atoms with Crippen LogP contribution in [0, 0.1) is 6.92 Å². The Morgan fingerprint density at radius 3 is 2.21 bits per heavy atom. The first-order valence-electron chi connectivity index (χ1n) is 13.0. The molecule has 0 spiro atoms. The number of alkyl carbamates (subject to hydrolysis) is 1. The number of nitrogens with zero attached hydrogens (tertiary/aromatic N) is 1. The monoisotopic (exact) mass is 558 g/mol. The Balaban J connectivity index is 2.55. The Kier molecular flexibility index (Phi) is 11.3. The zero-order valence-corrected chi connectivity index (χ0v) is 24.2. The van der Waals surface area contributed by atoms with Gasteiger partial charge in [-0.15, -0.1) is 0 Å². The summed E-state index contributed by atoms with van der Waals surface area (Å²) >= 11 is 6.38. The maximum atomic E-state index is 13.9. The zero-order valence-electron chi connectivity index (χ0n) is 23.5. The molecule has 4 N–H and O–H groups in total. The van der Waals surface area contributed by atoms with Crippen molar-refractivity contribution in [3.05, 3.63) is 64.2 Å². The normalized spacial score (nSPS) is 12.7. The van der Waals surface area contributed by atoms with Crippen molar-refractivity contribution in [1.82, 2.24) is 10.2 Å². The standard InChI is InChI=1S/C29H39ClN4O5/c1-7-16-34(27(37)22(17-23(31)35)32-28(38)39-29(4,5)6)25(20-14-12-19(8-2)13-15-20)26(36)33-24-18(3)10-9-11-21(24)30/h9-15,22,25H,7-8,16-17H2,1-6H3,(H2,31,35)(H,32,38)(H,33,36). The average molecular weight is 559 g/mol. The molecule has 0 bridgehead atoms. The second-order valence-electron chi connectivity index (χ2n) is 10.3. The van der Waals surface area contributed by atoms with Crippen LogP contribution in [-0.2, 0) is 25.5 Å². The summed E-state index contributed by atoms with van der Waals surface area (Å²) in [5, 5.41) is 5.71. The zero-order chi connectivity index (χ0) is 29.3. The molecule has 0 fully saturated rings. The minimum Gasteiger partial charge on any atom is -0.444 e. The van der Waals surface area contributed by atoms with E-state index < -0.39 is 47.9 Å². The number of hydrogen-bond acceptors (Lipinski definition) is 5. The van der Waals surface area contributed by atoms with Crippen LogP contribution in [0.4, 0.5) is 10.5 Å². The van der Waals surface area contributed by atoms with Crippen LogP contribution in [0.2, 0.25) is 5.02 Å². The molecule has 2 aromatic carbocycles.